The number of nitrogens with one attached hydrogen (secondary N) is 1. The van der Waals surface area contributed by atoms with Gasteiger partial charge < -0.3 is 0 Å². The maximum absolute atomic E-state index is 12.8. The van der Waals surface area contributed by atoms with Gasteiger partial charge in [-0.25, -0.2) is 17.5 Å². The van der Waals surface area contributed by atoms with Crippen molar-refractivity contribution in [3.63, 3.8) is 0 Å². The van der Waals surface area contributed by atoms with Crippen molar-refractivity contribution in [1.82, 2.24) is 4.72 Å². The topological polar surface area (TPSA) is 46.2 Å². The van der Waals surface area contributed by atoms with Gasteiger partial charge in [0.1, 0.15) is 5.82 Å². The Morgan fingerprint density at radius 3 is 2.42 bits per heavy atom. The molecule has 19 heavy (non-hydrogen) atoms. The third-order valence-corrected chi connectivity index (χ3v) is 5.42. The van der Waals surface area contributed by atoms with Crippen LogP contribution in [0, 0.1) is 11.2 Å². The van der Waals surface area contributed by atoms with Gasteiger partial charge in [-0.2, -0.15) is 0 Å². The van der Waals surface area contributed by atoms with E-state index >= 15 is 0 Å². The highest BCUT2D eigenvalue weighted by atomic mass is 32.2. The molecular formula is C14H20FNO2S. The van der Waals surface area contributed by atoms with Crippen molar-refractivity contribution in [2.45, 2.75) is 50.5 Å². The van der Waals surface area contributed by atoms with Gasteiger partial charge in [-0.1, -0.05) is 26.7 Å². The summed E-state index contributed by atoms with van der Waals surface area (Å²) in [6.45, 7) is 4.17. The minimum Gasteiger partial charge on any atom is -0.208 e. The van der Waals surface area contributed by atoms with Gasteiger partial charge in [-0.15, -0.1) is 0 Å². The molecule has 2 rings (SSSR count). The van der Waals surface area contributed by atoms with E-state index in [4.69, 9.17) is 0 Å². The molecule has 1 N–H and O–H groups in total. The molecule has 1 fully saturated rings. The number of hydrogen-bond acceptors (Lipinski definition) is 2. The van der Waals surface area contributed by atoms with Crippen molar-refractivity contribution in [2.75, 3.05) is 0 Å². The van der Waals surface area contributed by atoms with Crippen LogP contribution in [0.5, 0.6) is 0 Å². The molecule has 3 nitrogen and oxygen atoms in total. The van der Waals surface area contributed by atoms with Crippen LogP contribution in [0.25, 0.3) is 0 Å². The van der Waals surface area contributed by atoms with Crippen molar-refractivity contribution in [2.24, 2.45) is 5.41 Å². The summed E-state index contributed by atoms with van der Waals surface area (Å²) >= 11 is 0. The van der Waals surface area contributed by atoms with E-state index < -0.39 is 15.8 Å². The third-order valence-electron chi connectivity index (χ3n) is 3.93. The largest absolute Gasteiger partial charge is 0.240 e. The highest BCUT2D eigenvalue weighted by Gasteiger charge is 2.35. The van der Waals surface area contributed by atoms with Gasteiger partial charge in [-0.05, 0) is 42.5 Å². The van der Waals surface area contributed by atoms with E-state index in [1.165, 1.54) is 24.3 Å². The maximum Gasteiger partial charge on any atom is 0.240 e. The van der Waals surface area contributed by atoms with Crippen LogP contribution in [-0.4, -0.2) is 14.5 Å². The molecule has 0 heterocycles. The molecule has 0 spiro atoms. The van der Waals surface area contributed by atoms with Gasteiger partial charge >= 0.3 is 0 Å². The second-order valence-electron chi connectivity index (χ2n) is 5.86. The van der Waals surface area contributed by atoms with Crippen LogP contribution < -0.4 is 4.72 Å². The molecule has 1 saturated carbocycles. The highest BCUT2D eigenvalue weighted by molar-refractivity contribution is 7.89. The van der Waals surface area contributed by atoms with E-state index in [2.05, 4.69) is 18.6 Å². The van der Waals surface area contributed by atoms with E-state index in [0.29, 0.717) is 0 Å². The standard InChI is InChI=1S/C14H20FNO2S/c1-14(2)10-4-3-5-13(14)16-19(17,18)12-8-6-11(15)7-9-12/h6-9,13,16H,3-5,10H2,1-2H3. The van der Waals surface area contributed by atoms with Crippen LogP contribution in [0.2, 0.25) is 0 Å². The molecule has 1 aromatic carbocycles. The zero-order chi connectivity index (χ0) is 14.1. The average molecular weight is 285 g/mol. The van der Waals surface area contributed by atoms with E-state index in [9.17, 15) is 12.8 Å². The SMILES string of the molecule is CC1(C)CCCCC1NS(=O)(=O)c1ccc(F)cc1. The van der Waals surface area contributed by atoms with Crippen molar-refractivity contribution < 1.29 is 12.8 Å². The molecule has 1 unspecified atom stereocenters. The summed E-state index contributed by atoms with van der Waals surface area (Å²) in [5, 5.41) is 0. The zero-order valence-electron chi connectivity index (χ0n) is 11.3. The maximum atomic E-state index is 12.8. The Kier molecular flexibility index (Phi) is 3.97. The summed E-state index contributed by atoms with van der Waals surface area (Å²) in [4.78, 5) is 0.121. The first kappa shape index (κ1) is 14.5. The minimum atomic E-state index is -3.56. The van der Waals surface area contributed by atoms with E-state index in [1.54, 1.807) is 0 Å². The first-order chi connectivity index (χ1) is 8.81. The average Bonchev–Trinajstić information content (AvgIpc) is 2.32. The monoisotopic (exact) mass is 285 g/mol. The molecule has 1 aromatic rings. The minimum absolute atomic E-state index is 0.0364. The lowest BCUT2D eigenvalue weighted by Crippen LogP contribution is -2.46. The van der Waals surface area contributed by atoms with Crippen molar-refractivity contribution in [1.29, 1.82) is 0 Å². The molecule has 5 heteroatoms. The normalized spacial score (nSPS) is 23.2. The van der Waals surface area contributed by atoms with Crippen LogP contribution in [0.4, 0.5) is 4.39 Å². The summed E-state index contributed by atoms with van der Waals surface area (Å²) in [5.41, 5.74) is -0.0364. The summed E-state index contributed by atoms with van der Waals surface area (Å²) in [6.07, 6.45) is 4.05. The van der Waals surface area contributed by atoms with Crippen LogP contribution in [0.3, 0.4) is 0 Å². The summed E-state index contributed by atoms with van der Waals surface area (Å²) in [6, 6.07) is 4.87. The number of sulfonamides is 1. The summed E-state index contributed by atoms with van der Waals surface area (Å²) in [7, 11) is -3.56. The fourth-order valence-electron chi connectivity index (χ4n) is 2.58. The second-order valence-corrected chi connectivity index (χ2v) is 7.58. The molecule has 0 radical (unpaired) electrons. The lowest BCUT2D eigenvalue weighted by Gasteiger charge is -2.38. The Hall–Kier alpha value is -0.940. The van der Waals surface area contributed by atoms with Crippen LogP contribution in [-0.2, 0) is 10.0 Å². The molecule has 1 aliphatic carbocycles. The second kappa shape index (κ2) is 5.21. The first-order valence-corrected chi connectivity index (χ1v) is 8.07. The first-order valence-electron chi connectivity index (χ1n) is 6.59. The molecule has 0 bridgehead atoms. The quantitative estimate of drug-likeness (QED) is 0.927. The molecule has 0 saturated heterocycles. The molecule has 106 valence electrons. The number of benzene rings is 1. The van der Waals surface area contributed by atoms with Gasteiger partial charge in [0.25, 0.3) is 0 Å². The lowest BCUT2D eigenvalue weighted by atomic mass is 9.74. The van der Waals surface area contributed by atoms with Crippen LogP contribution in [0.15, 0.2) is 29.2 Å². The highest BCUT2D eigenvalue weighted by Crippen LogP contribution is 2.36. The Morgan fingerprint density at radius 2 is 1.84 bits per heavy atom. The van der Waals surface area contributed by atoms with Crippen molar-refractivity contribution in [3.8, 4) is 0 Å². The molecular weight excluding hydrogens is 265 g/mol. The fourth-order valence-corrected chi connectivity index (χ4v) is 4.02. The Bertz CT molecular complexity index is 537. The van der Waals surface area contributed by atoms with Gasteiger partial charge in [0.05, 0.1) is 4.90 Å². The summed E-state index contributed by atoms with van der Waals surface area (Å²) < 4.78 is 40.1. The molecule has 1 aliphatic rings. The number of rotatable bonds is 3. The third kappa shape index (κ3) is 3.34. The van der Waals surface area contributed by atoms with Gasteiger partial charge in [-0.3, -0.25) is 0 Å². The van der Waals surface area contributed by atoms with Crippen molar-refractivity contribution >= 4 is 10.0 Å². The number of halogens is 1. The number of hydrogen-bond donors (Lipinski definition) is 1. The van der Waals surface area contributed by atoms with Crippen LogP contribution in [0.1, 0.15) is 39.5 Å². The Labute approximate surface area is 114 Å². The van der Waals surface area contributed by atoms with E-state index in [0.717, 1.165) is 25.7 Å². The molecule has 0 aromatic heterocycles. The van der Waals surface area contributed by atoms with Crippen LogP contribution >= 0.6 is 0 Å². The predicted molar refractivity (Wildman–Crippen MR) is 72.8 cm³/mol. The molecule has 0 amide bonds. The fraction of sp³-hybridized carbons (Fsp3) is 0.571. The molecule has 0 aliphatic heterocycles. The van der Waals surface area contributed by atoms with E-state index in [-0.39, 0.29) is 16.4 Å². The van der Waals surface area contributed by atoms with Gasteiger partial charge in [0.2, 0.25) is 10.0 Å². The van der Waals surface area contributed by atoms with E-state index in [1.807, 2.05) is 0 Å². The summed E-state index contributed by atoms with van der Waals surface area (Å²) in [5.74, 6) is -0.433. The van der Waals surface area contributed by atoms with Gasteiger partial charge in [0, 0.05) is 6.04 Å². The van der Waals surface area contributed by atoms with Crippen molar-refractivity contribution in [3.05, 3.63) is 30.1 Å². The van der Waals surface area contributed by atoms with Gasteiger partial charge in [0.15, 0.2) is 0 Å². The zero-order valence-corrected chi connectivity index (χ0v) is 12.1. The Morgan fingerprint density at radius 1 is 1.21 bits per heavy atom. The Balaban J connectivity index is 2.19. The lowest BCUT2D eigenvalue weighted by molar-refractivity contribution is 0.188. The predicted octanol–water partition coefficient (Wildman–Crippen LogP) is 3.07. The smallest absolute Gasteiger partial charge is 0.208 e. The molecule has 1 atom stereocenters.